The number of hydrogen-bond donors (Lipinski definition) is 2. The van der Waals surface area contributed by atoms with Gasteiger partial charge in [-0.05, 0) is 55.8 Å². The fraction of sp³-hybridized carbons (Fsp3) is 0.609. The van der Waals surface area contributed by atoms with Crippen LogP contribution in [-0.2, 0) is 6.42 Å². The lowest BCUT2D eigenvalue weighted by atomic mass is 9.73. The SMILES string of the molecule is CN(C)C(=O)NC1CC2c3cccc4[nH]c(C5CCCC5)c(c34)CC2N(C)C1. The van der Waals surface area contributed by atoms with Gasteiger partial charge in [0.15, 0.2) is 0 Å². The molecule has 3 atom stereocenters. The zero-order chi connectivity index (χ0) is 19.4. The molecule has 1 aromatic carbocycles. The van der Waals surface area contributed by atoms with Gasteiger partial charge in [-0.2, -0.15) is 0 Å². The fourth-order valence-corrected chi connectivity index (χ4v) is 6.03. The summed E-state index contributed by atoms with van der Waals surface area (Å²) in [5, 5.41) is 4.71. The van der Waals surface area contributed by atoms with E-state index in [2.05, 4.69) is 40.4 Å². The minimum Gasteiger partial charge on any atom is -0.358 e. The predicted octanol–water partition coefficient (Wildman–Crippen LogP) is 3.81. The highest BCUT2D eigenvalue weighted by atomic mass is 16.2. The number of benzene rings is 1. The van der Waals surface area contributed by atoms with Crippen LogP contribution in [0.1, 0.15) is 60.8 Å². The first-order valence-corrected chi connectivity index (χ1v) is 10.8. The van der Waals surface area contributed by atoms with Gasteiger partial charge in [0, 0.05) is 55.2 Å². The summed E-state index contributed by atoms with van der Waals surface area (Å²) < 4.78 is 0. The molecule has 5 heteroatoms. The van der Waals surface area contributed by atoms with Crippen molar-refractivity contribution in [3.63, 3.8) is 0 Å². The maximum atomic E-state index is 12.2. The molecule has 2 N–H and O–H groups in total. The summed E-state index contributed by atoms with van der Waals surface area (Å²) in [5.41, 5.74) is 5.91. The molecule has 5 rings (SSSR count). The van der Waals surface area contributed by atoms with Crippen molar-refractivity contribution in [2.75, 3.05) is 27.7 Å². The van der Waals surface area contributed by atoms with Crippen molar-refractivity contribution in [1.29, 1.82) is 0 Å². The lowest BCUT2D eigenvalue weighted by Gasteiger charge is -2.46. The van der Waals surface area contributed by atoms with E-state index in [1.165, 1.54) is 47.8 Å². The highest BCUT2D eigenvalue weighted by molar-refractivity contribution is 5.90. The molecule has 0 radical (unpaired) electrons. The van der Waals surface area contributed by atoms with E-state index in [9.17, 15) is 4.79 Å². The van der Waals surface area contributed by atoms with Gasteiger partial charge in [0.2, 0.25) is 0 Å². The molecule has 2 aliphatic carbocycles. The number of likely N-dealkylation sites (N-methyl/N-ethyl adjacent to an activating group) is 1. The normalized spacial score (nSPS) is 27.8. The largest absolute Gasteiger partial charge is 0.358 e. The van der Waals surface area contributed by atoms with Gasteiger partial charge in [-0.15, -0.1) is 0 Å². The number of aromatic amines is 1. The maximum absolute atomic E-state index is 12.2. The number of H-pyrrole nitrogens is 1. The smallest absolute Gasteiger partial charge is 0.317 e. The lowest BCUT2D eigenvalue weighted by molar-refractivity contribution is 0.125. The molecule has 2 fully saturated rings. The van der Waals surface area contributed by atoms with Crippen molar-refractivity contribution in [2.24, 2.45) is 0 Å². The number of nitrogens with one attached hydrogen (secondary N) is 2. The minimum absolute atomic E-state index is 0.0109. The summed E-state index contributed by atoms with van der Waals surface area (Å²) >= 11 is 0. The molecule has 28 heavy (non-hydrogen) atoms. The Bertz CT molecular complexity index is 895. The Labute approximate surface area is 167 Å². The van der Waals surface area contributed by atoms with E-state index < -0.39 is 0 Å². The van der Waals surface area contributed by atoms with Crippen molar-refractivity contribution in [1.82, 2.24) is 20.1 Å². The Morgan fingerprint density at radius 3 is 2.79 bits per heavy atom. The third-order valence-electron chi connectivity index (χ3n) is 7.38. The van der Waals surface area contributed by atoms with Crippen molar-refractivity contribution in [3.8, 4) is 0 Å². The average molecular weight is 381 g/mol. The number of carbonyl (C=O) groups is 1. The molecule has 150 valence electrons. The summed E-state index contributed by atoms with van der Waals surface area (Å²) in [6, 6.07) is 7.53. The topological polar surface area (TPSA) is 51.4 Å². The van der Waals surface area contributed by atoms with Gasteiger partial charge in [0.1, 0.15) is 0 Å². The van der Waals surface area contributed by atoms with Crippen molar-refractivity contribution in [3.05, 3.63) is 35.0 Å². The second-order valence-electron chi connectivity index (χ2n) is 9.36. The van der Waals surface area contributed by atoms with Crippen LogP contribution in [0.3, 0.4) is 0 Å². The van der Waals surface area contributed by atoms with Crippen LogP contribution in [-0.4, -0.2) is 60.6 Å². The lowest BCUT2D eigenvalue weighted by Crippen LogP contribution is -2.56. The van der Waals surface area contributed by atoms with Gasteiger partial charge < -0.3 is 20.1 Å². The van der Waals surface area contributed by atoms with Gasteiger partial charge in [0.25, 0.3) is 0 Å². The minimum atomic E-state index is 0.0109. The van der Waals surface area contributed by atoms with Crippen LogP contribution in [0.25, 0.3) is 10.9 Å². The zero-order valence-electron chi connectivity index (χ0n) is 17.3. The Morgan fingerprint density at radius 1 is 1.25 bits per heavy atom. The quantitative estimate of drug-likeness (QED) is 0.832. The summed E-state index contributed by atoms with van der Waals surface area (Å²) in [5.74, 6) is 1.20. The second kappa shape index (κ2) is 6.80. The molecule has 2 heterocycles. The summed E-state index contributed by atoms with van der Waals surface area (Å²) in [6.07, 6.45) is 7.56. The van der Waals surface area contributed by atoms with E-state index in [1.54, 1.807) is 10.5 Å². The summed E-state index contributed by atoms with van der Waals surface area (Å²) in [6.45, 7) is 0.926. The number of urea groups is 1. The molecule has 5 nitrogen and oxygen atoms in total. The number of carbonyl (C=O) groups excluding carboxylic acids is 1. The standard InChI is InChI=1S/C23H32N4O/c1-26(2)23(28)24-15-11-17-16-9-6-10-19-21(16)18(12-20(17)27(3)13-15)22(25-19)14-7-4-5-8-14/h6,9-10,14-15,17,20,25H,4-5,7-8,11-13H2,1-3H3,(H,24,28). The maximum Gasteiger partial charge on any atom is 0.317 e. The van der Waals surface area contributed by atoms with Gasteiger partial charge >= 0.3 is 6.03 Å². The van der Waals surface area contributed by atoms with Crippen LogP contribution in [0.4, 0.5) is 4.79 Å². The molecule has 1 aromatic heterocycles. The molecular formula is C23H32N4O. The van der Waals surface area contributed by atoms with E-state index in [4.69, 9.17) is 0 Å². The fourth-order valence-electron chi connectivity index (χ4n) is 6.03. The highest BCUT2D eigenvalue weighted by Gasteiger charge is 2.41. The predicted molar refractivity (Wildman–Crippen MR) is 113 cm³/mol. The van der Waals surface area contributed by atoms with Crippen molar-refractivity contribution >= 4 is 16.9 Å². The number of nitrogens with zero attached hydrogens (tertiary/aromatic N) is 2. The first kappa shape index (κ1) is 18.0. The molecular weight excluding hydrogens is 348 g/mol. The molecule has 3 aliphatic rings. The number of hydrogen-bond acceptors (Lipinski definition) is 2. The van der Waals surface area contributed by atoms with Crippen LogP contribution in [0, 0.1) is 0 Å². The average Bonchev–Trinajstić information content (AvgIpc) is 3.31. The number of rotatable bonds is 2. The number of amides is 2. The molecule has 1 saturated heterocycles. The van der Waals surface area contributed by atoms with Gasteiger partial charge in [-0.3, -0.25) is 0 Å². The zero-order valence-corrected chi connectivity index (χ0v) is 17.3. The Hall–Kier alpha value is -2.01. The molecule has 2 amide bonds. The number of likely N-dealkylation sites (tertiary alicyclic amines) is 1. The molecule has 1 aliphatic heterocycles. The van der Waals surface area contributed by atoms with E-state index >= 15 is 0 Å². The molecule has 3 unspecified atom stereocenters. The highest BCUT2D eigenvalue weighted by Crippen LogP contribution is 2.47. The molecule has 2 aromatic rings. The molecule has 1 saturated carbocycles. The van der Waals surface area contributed by atoms with Crippen molar-refractivity contribution < 1.29 is 4.79 Å². The summed E-state index contributed by atoms with van der Waals surface area (Å²) in [4.78, 5) is 20.2. The number of aromatic nitrogens is 1. The Morgan fingerprint density at radius 2 is 2.04 bits per heavy atom. The van der Waals surface area contributed by atoms with E-state index in [0.29, 0.717) is 17.9 Å². The first-order chi connectivity index (χ1) is 13.5. The number of fused-ring (bicyclic) bond motifs is 2. The van der Waals surface area contributed by atoms with Crippen LogP contribution < -0.4 is 5.32 Å². The van der Waals surface area contributed by atoms with Gasteiger partial charge in [0.05, 0.1) is 0 Å². The van der Waals surface area contributed by atoms with Gasteiger partial charge in [-0.1, -0.05) is 25.0 Å². The monoisotopic (exact) mass is 380 g/mol. The Balaban J connectivity index is 1.52. The van der Waals surface area contributed by atoms with E-state index in [-0.39, 0.29) is 12.1 Å². The third-order valence-corrected chi connectivity index (χ3v) is 7.38. The van der Waals surface area contributed by atoms with Crippen LogP contribution in [0.15, 0.2) is 18.2 Å². The number of piperidine rings is 1. The third kappa shape index (κ3) is 2.83. The van der Waals surface area contributed by atoms with Crippen LogP contribution in [0.5, 0.6) is 0 Å². The van der Waals surface area contributed by atoms with Gasteiger partial charge in [-0.25, -0.2) is 4.79 Å². The molecule has 0 bridgehead atoms. The second-order valence-corrected chi connectivity index (χ2v) is 9.36. The van der Waals surface area contributed by atoms with E-state index in [0.717, 1.165) is 19.4 Å². The van der Waals surface area contributed by atoms with Crippen molar-refractivity contribution in [2.45, 2.75) is 62.4 Å². The first-order valence-electron chi connectivity index (χ1n) is 10.8. The van der Waals surface area contributed by atoms with Crippen LogP contribution in [0.2, 0.25) is 0 Å². The molecule has 0 spiro atoms. The van der Waals surface area contributed by atoms with E-state index in [1.807, 2.05) is 14.1 Å². The summed E-state index contributed by atoms with van der Waals surface area (Å²) in [7, 11) is 5.85. The Kier molecular flexibility index (Phi) is 4.38. The van der Waals surface area contributed by atoms with Crippen LogP contribution >= 0.6 is 0 Å².